The number of rotatable bonds is 5. The average molecular weight is 311 g/mol. The summed E-state index contributed by atoms with van der Waals surface area (Å²) in [6, 6.07) is 12.1. The summed E-state index contributed by atoms with van der Waals surface area (Å²) in [4.78, 5) is 0.0524. The smallest absolute Gasteiger partial charge is 0.179 e. The largest absolute Gasteiger partial charge is 0.345 e. The zero-order chi connectivity index (χ0) is 16.6. The molecule has 0 aliphatic heterocycles. The summed E-state index contributed by atoms with van der Waals surface area (Å²) in [7, 11) is -3.53. The van der Waals surface area contributed by atoms with E-state index in [9.17, 15) is 8.42 Å². The molecule has 0 fully saturated rings. The van der Waals surface area contributed by atoms with E-state index in [4.69, 9.17) is 21.0 Å². The van der Waals surface area contributed by atoms with Crippen LogP contribution in [-0.2, 0) is 9.84 Å². The molecule has 1 aromatic rings. The number of hydrogen-bond acceptors (Lipinski definition) is 7. The molecule has 0 unspecified atom stereocenters. The van der Waals surface area contributed by atoms with Gasteiger partial charge in [-0.15, -0.1) is 0 Å². The SMILES string of the molecule is N#CCCS(=O)(=O)c1ccc(NC(C#N)=C(C#N)C#N)cc1. The summed E-state index contributed by atoms with van der Waals surface area (Å²) in [6.07, 6.45) is -0.0998. The lowest BCUT2D eigenvalue weighted by Crippen LogP contribution is -2.06. The highest BCUT2D eigenvalue weighted by Gasteiger charge is 2.14. The van der Waals surface area contributed by atoms with Crippen LogP contribution in [0, 0.1) is 45.3 Å². The van der Waals surface area contributed by atoms with E-state index >= 15 is 0 Å². The standard InChI is InChI=1S/C14H9N5O2S/c15-6-1-7-22(20,21)13-4-2-12(3-5-13)19-14(10-18)11(8-16)9-17/h2-5,19H,1,7H2. The zero-order valence-electron chi connectivity index (χ0n) is 11.2. The lowest BCUT2D eigenvalue weighted by molar-refractivity contribution is 0.596. The molecular formula is C14H9N5O2S. The Morgan fingerprint density at radius 2 is 1.59 bits per heavy atom. The van der Waals surface area contributed by atoms with Gasteiger partial charge >= 0.3 is 0 Å². The Hall–Kier alpha value is -3.33. The Balaban J connectivity index is 3.04. The first kappa shape index (κ1) is 16.7. The minimum atomic E-state index is -3.53. The third-order valence-electron chi connectivity index (χ3n) is 2.55. The Kier molecular flexibility index (Phi) is 5.66. The van der Waals surface area contributed by atoms with Gasteiger partial charge in [-0.25, -0.2) is 8.42 Å². The summed E-state index contributed by atoms with van der Waals surface area (Å²) in [6.45, 7) is 0. The van der Waals surface area contributed by atoms with Crippen molar-refractivity contribution < 1.29 is 8.42 Å². The predicted octanol–water partition coefficient (Wildman–Crippen LogP) is 1.61. The van der Waals surface area contributed by atoms with E-state index in [2.05, 4.69) is 5.32 Å². The van der Waals surface area contributed by atoms with Crippen molar-refractivity contribution in [2.75, 3.05) is 11.1 Å². The monoisotopic (exact) mass is 311 g/mol. The van der Waals surface area contributed by atoms with Gasteiger partial charge in [0.15, 0.2) is 15.4 Å². The molecule has 0 aliphatic rings. The van der Waals surface area contributed by atoms with Gasteiger partial charge in [-0.3, -0.25) is 0 Å². The number of allylic oxidation sites excluding steroid dienone is 2. The van der Waals surface area contributed by atoms with E-state index in [-0.39, 0.29) is 28.3 Å². The number of sulfone groups is 1. The first-order valence-electron chi connectivity index (χ1n) is 5.90. The molecule has 0 saturated carbocycles. The quantitative estimate of drug-likeness (QED) is 0.814. The maximum absolute atomic E-state index is 11.9. The first-order valence-corrected chi connectivity index (χ1v) is 7.55. The Morgan fingerprint density at radius 3 is 2.05 bits per heavy atom. The van der Waals surface area contributed by atoms with Crippen molar-refractivity contribution in [3.63, 3.8) is 0 Å². The third-order valence-corrected chi connectivity index (χ3v) is 4.28. The molecule has 7 nitrogen and oxygen atoms in total. The maximum atomic E-state index is 11.9. The molecule has 108 valence electrons. The van der Waals surface area contributed by atoms with Crippen LogP contribution in [0.3, 0.4) is 0 Å². The Labute approximate surface area is 127 Å². The van der Waals surface area contributed by atoms with Crippen molar-refractivity contribution in [2.45, 2.75) is 11.3 Å². The molecular weight excluding hydrogens is 302 g/mol. The summed E-state index contributed by atoms with van der Waals surface area (Å²) in [5, 5.41) is 37.3. The molecule has 0 aliphatic carbocycles. The van der Waals surface area contributed by atoms with E-state index in [1.807, 2.05) is 0 Å². The molecule has 8 heteroatoms. The number of nitriles is 4. The van der Waals surface area contributed by atoms with E-state index in [1.54, 1.807) is 24.3 Å². The van der Waals surface area contributed by atoms with Gasteiger partial charge in [0.2, 0.25) is 0 Å². The molecule has 0 heterocycles. The number of hydrogen-bond donors (Lipinski definition) is 1. The van der Waals surface area contributed by atoms with Crippen LogP contribution in [0.2, 0.25) is 0 Å². The van der Waals surface area contributed by atoms with Crippen LogP contribution in [0.25, 0.3) is 0 Å². The van der Waals surface area contributed by atoms with Crippen molar-refractivity contribution in [3.05, 3.63) is 35.5 Å². The second-order valence-corrected chi connectivity index (χ2v) is 6.07. The van der Waals surface area contributed by atoms with Crippen molar-refractivity contribution in [2.24, 2.45) is 0 Å². The molecule has 0 bridgehead atoms. The Morgan fingerprint density at radius 1 is 1.00 bits per heavy atom. The molecule has 1 aromatic carbocycles. The van der Waals surface area contributed by atoms with Crippen LogP contribution >= 0.6 is 0 Å². The molecule has 0 saturated heterocycles. The highest BCUT2D eigenvalue weighted by Crippen LogP contribution is 2.18. The van der Waals surface area contributed by atoms with Gasteiger partial charge in [0.05, 0.1) is 16.7 Å². The minimum absolute atomic E-state index is 0.0524. The van der Waals surface area contributed by atoms with Crippen LogP contribution in [-0.4, -0.2) is 14.2 Å². The van der Waals surface area contributed by atoms with Crippen molar-refractivity contribution in [1.29, 1.82) is 21.0 Å². The topological polar surface area (TPSA) is 141 Å². The van der Waals surface area contributed by atoms with Gasteiger partial charge in [0.1, 0.15) is 23.9 Å². The van der Waals surface area contributed by atoms with E-state index in [0.29, 0.717) is 5.69 Å². The number of nitrogens with zero attached hydrogens (tertiary/aromatic N) is 4. The summed E-state index contributed by atoms with van der Waals surface area (Å²) >= 11 is 0. The zero-order valence-corrected chi connectivity index (χ0v) is 12.1. The number of benzene rings is 1. The number of nitrogens with one attached hydrogen (secondary N) is 1. The van der Waals surface area contributed by atoms with Crippen LogP contribution in [0.1, 0.15) is 6.42 Å². The van der Waals surface area contributed by atoms with Crippen LogP contribution in [0.5, 0.6) is 0 Å². The second-order valence-electron chi connectivity index (χ2n) is 3.96. The van der Waals surface area contributed by atoms with Crippen molar-refractivity contribution >= 4 is 15.5 Å². The maximum Gasteiger partial charge on any atom is 0.179 e. The van der Waals surface area contributed by atoms with Gasteiger partial charge in [0.25, 0.3) is 0 Å². The minimum Gasteiger partial charge on any atom is -0.345 e. The summed E-state index contributed by atoms with van der Waals surface area (Å²) < 4.78 is 23.7. The van der Waals surface area contributed by atoms with Crippen molar-refractivity contribution in [3.8, 4) is 24.3 Å². The second kappa shape index (κ2) is 7.45. The van der Waals surface area contributed by atoms with Crippen molar-refractivity contribution in [1.82, 2.24) is 0 Å². The van der Waals surface area contributed by atoms with Gasteiger partial charge in [-0.05, 0) is 24.3 Å². The highest BCUT2D eigenvalue weighted by atomic mass is 32.2. The first-order chi connectivity index (χ1) is 10.5. The van der Waals surface area contributed by atoms with E-state index < -0.39 is 9.84 Å². The molecule has 0 aromatic heterocycles. The Bertz CT molecular complexity index is 840. The molecule has 0 amide bonds. The van der Waals surface area contributed by atoms with Crippen LogP contribution in [0.4, 0.5) is 5.69 Å². The molecule has 0 spiro atoms. The lowest BCUT2D eigenvalue weighted by Gasteiger charge is -2.06. The fraction of sp³-hybridized carbons (Fsp3) is 0.143. The average Bonchev–Trinajstić information content (AvgIpc) is 2.53. The molecule has 1 N–H and O–H groups in total. The fourth-order valence-corrected chi connectivity index (χ4v) is 2.62. The van der Waals surface area contributed by atoms with Gasteiger partial charge in [-0.2, -0.15) is 21.0 Å². The van der Waals surface area contributed by atoms with E-state index in [0.717, 1.165) is 0 Å². The van der Waals surface area contributed by atoms with Crippen LogP contribution < -0.4 is 5.32 Å². The van der Waals surface area contributed by atoms with E-state index in [1.165, 1.54) is 24.3 Å². The molecule has 0 radical (unpaired) electrons. The predicted molar refractivity (Wildman–Crippen MR) is 76.2 cm³/mol. The van der Waals surface area contributed by atoms with Gasteiger partial charge in [0, 0.05) is 12.1 Å². The summed E-state index contributed by atoms with van der Waals surface area (Å²) in [5.74, 6) is -0.271. The highest BCUT2D eigenvalue weighted by molar-refractivity contribution is 7.91. The summed E-state index contributed by atoms with van der Waals surface area (Å²) in [5.41, 5.74) is -0.225. The normalized spacial score (nSPS) is 9.45. The third kappa shape index (κ3) is 4.08. The molecule has 22 heavy (non-hydrogen) atoms. The fourth-order valence-electron chi connectivity index (χ4n) is 1.47. The van der Waals surface area contributed by atoms with Gasteiger partial charge in [-0.1, -0.05) is 0 Å². The van der Waals surface area contributed by atoms with Crippen LogP contribution in [0.15, 0.2) is 40.4 Å². The van der Waals surface area contributed by atoms with Gasteiger partial charge < -0.3 is 5.32 Å². The number of anilines is 1. The molecule has 0 atom stereocenters. The molecule has 1 rings (SSSR count). The lowest BCUT2D eigenvalue weighted by atomic mass is 10.2.